The van der Waals surface area contributed by atoms with Crippen LogP contribution in [0.25, 0.3) is 0 Å². The van der Waals surface area contributed by atoms with Crippen LogP contribution in [0.15, 0.2) is 35.6 Å². The summed E-state index contributed by atoms with van der Waals surface area (Å²) >= 11 is 5.82. The molecule has 0 aromatic heterocycles. The van der Waals surface area contributed by atoms with Crippen molar-refractivity contribution in [1.29, 1.82) is 0 Å². The number of hydrogen-bond donors (Lipinski definition) is 0. The molecule has 3 rings (SSSR count). The Morgan fingerprint density at radius 3 is 2.41 bits per heavy atom. The highest BCUT2D eigenvalue weighted by Gasteiger charge is 2.42. The molecule has 1 aromatic rings. The molecule has 1 fully saturated rings. The van der Waals surface area contributed by atoms with Crippen molar-refractivity contribution in [3.05, 3.63) is 40.6 Å². The number of nitrogens with zero attached hydrogens (tertiary/aromatic N) is 1. The van der Waals surface area contributed by atoms with E-state index in [0.717, 1.165) is 0 Å². The predicted octanol–water partition coefficient (Wildman–Crippen LogP) is 2.54. The molecule has 0 spiro atoms. The van der Waals surface area contributed by atoms with Gasteiger partial charge in [-0.25, -0.2) is 0 Å². The lowest BCUT2D eigenvalue weighted by atomic mass is 10.1. The largest absolute Gasteiger partial charge is 0.451 e. The number of benzene rings is 1. The molecule has 0 unspecified atom stereocenters. The quantitative estimate of drug-likeness (QED) is 0.803. The van der Waals surface area contributed by atoms with Crippen molar-refractivity contribution in [2.75, 3.05) is 13.2 Å². The van der Waals surface area contributed by atoms with Gasteiger partial charge in [-0.3, -0.25) is 14.5 Å². The normalized spacial score (nSPS) is 20.0. The second-order valence-electron chi connectivity index (χ2n) is 5.33. The smallest absolute Gasteiger partial charge is 0.297 e. The van der Waals surface area contributed by atoms with Crippen molar-refractivity contribution in [3.63, 3.8) is 0 Å². The molecule has 116 valence electrons. The van der Waals surface area contributed by atoms with Gasteiger partial charge >= 0.3 is 0 Å². The summed E-state index contributed by atoms with van der Waals surface area (Å²) in [6, 6.07) is 6.55. The summed E-state index contributed by atoms with van der Waals surface area (Å²) in [6.07, 6.45) is 1.33. The minimum Gasteiger partial charge on any atom is -0.451 e. The van der Waals surface area contributed by atoms with Gasteiger partial charge in [0, 0.05) is 24.3 Å². The van der Waals surface area contributed by atoms with Crippen LogP contribution in [0.3, 0.4) is 0 Å². The van der Waals surface area contributed by atoms with Gasteiger partial charge in [-0.05, 0) is 44.0 Å². The highest BCUT2D eigenvalue weighted by atomic mass is 35.5. The number of carbonyl (C=O) groups excluding carboxylic acids is 2. The molecular formula is C16H16ClNO4. The summed E-state index contributed by atoms with van der Waals surface area (Å²) in [4.78, 5) is 26.2. The number of hydrogen-bond acceptors (Lipinski definition) is 4. The SMILES string of the molecule is CC1=C(Oc2ccc(Cl)cc2)C(=O)N(C2CCOCC2)C1=O. The van der Waals surface area contributed by atoms with Gasteiger partial charge < -0.3 is 9.47 Å². The molecule has 6 heteroatoms. The summed E-state index contributed by atoms with van der Waals surface area (Å²) in [5.41, 5.74) is 0.339. The van der Waals surface area contributed by atoms with Crippen molar-refractivity contribution < 1.29 is 19.1 Å². The highest BCUT2D eigenvalue weighted by Crippen LogP contribution is 2.29. The van der Waals surface area contributed by atoms with Crippen molar-refractivity contribution in [1.82, 2.24) is 4.90 Å². The Labute approximate surface area is 133 Å². The van der Waals surface area contributed by atoms with Gasteiger partial charge in [0.1, 0.15) is 5.75 Å². The summed E-state index contributed by atoms with van der Waals surface area (Å²) in [5.74, 6) is -0.0715. The molecule has 0 bridgehead atoms. The van der Waals surface area contributed by atoms with Gasteiger partial charge in [-0.2, -0.15) is 0 Å². The number of rotatable bonds is 3. The first-order valence-electron chi connectivity index (χ1n) is 7.18. The second kappa shape index (κ2) is 6.10. The number of ether oxygens (including phenoxy) is 2. The Bertz CT molecular complexity index is 632. The van der Waals surface area contributed by atoms with E-state index in [0.29, 0.717) is 42.4 Å². The van der Waals surface area contributed by atoms with Gasteiger partial charge in [-0.1, -0.05) is 11.6 Å². The topological polar surface area (TPSA) is 55.8 Å². The average molecular weight is 322 g/mol. The van der Waals surface area contributed by atoms with Crippen LogP contribution in [0, 0.1) is 0 Å². The number of carbonyl (C=O) groups is 2. The first-order valence-corrected chi connectivity index (χ1v) is 7.55. The maximum absolute atomic E-state index is 12.6. The Morgan fingerprint density at radius 2 is 1.77 bits per heavy atom. The molecule has 1 saturated heterocycles. The molecule has 2 aliphatic rings. The lowest BCUT2D eigenvalue weighted by Gasteiger charge is -2.29. The van der Waals surface area contributed by atoms with E-state index >= 15 is 0 Å². The molecular weight excluding hydrogens is 306 g/mol. The van der Waals surface area contributed by atoms with E-state index < -0.39 is 0 Å². The minimum absolute atomic E-state index is 0.0961. The van der Waals surface area contributed by atoms with Gasteiger partial charge in [0.15, 0.2) is 0 Å². The molecule has 0 N–H and O–H groups in total. The lowest BCUT2D eigenvalue weighted by Crippen LogP contribution is -2.44. The fourth-order valence-corrected chi connectivity index (χ4v) is 2.78. The van der Waals surface area contributed by atoms with Crippen LogP contribution < -0.4 is 4.74 Å². The molecule has 2 heterocycles. The first kappa shape index (κ1) is 15.1. The number of halogens is 1. The van der Waals surface area contributed by atoms with Crippen molar-refractivity contribution in [3.8, 4) is 5.75 Å². The Hall–Kier alpha value is -1.85. The zero-order valence-electron chi connectivity index (χ0n) is 12.2. The molecule has 0 atom stereocenters. The second-order valence-corrected chi connectivity index (χ2v) is 5.77. The van der Waals surface area contributed by atoms with Crippen LogP contribution in [0.5, 0.6) is 5.75 Å². The van der Waals surface area contributed by atoms with Crippen molar-refractivity contribution in [2.45, 2.75) is 25.8 Å². The zero-order chi connectivity index (χ0) is 15.7. The van der Waals surface area contributed by atoms with E-state index in [1.165, 1.54) is 4.90 Å². The molecule has 2 amide bonds. The van der Waals surface area contributed by atoms with Crippen LogP contribution in [0.4, 0.5) is 0 Å². The van der Waals surface area contributed by atoms with Gasteiger partial charge in [-0.15, -0.1) is 0 Å². The Kier molecular flexibility index (Phi) is 4.18. The van der Waals surface area contributed by atoms with E-state index in [1.807, 2.05) is 0 Å². The van der Waals surface area contributed by atoms with Crippen molar-refractivity contribution >= 4 is 23.4 Å². The van der Waals surface area contributed by atoms with Crippen LogP contribution in [0.1, 0.15) is 19.8 Å². The molecule has 0 saturated carbocycles. The summed E-state index contributed by atoms with van der Waals surface area (Å²) < 4.78 is 10.9. The average Bonchev–Trinajstić information content (AvgIpc) is 2.74. The van der Waals surface area contributed by atoms with Crippen LogP contribution in [-0.2, 0) is 14.3 Å². The third-order valence-corrected chi connectivity index (χ3v) is 4.13. The molecule has 0 radical (unpaired) electrons. The fraction of sp³-hybridized carbons (Fsp3) is 0.375. The molecule has 5 nitrogen and oxygen atoms in total. The zero-order valence-corrected chi connectivity index (χ0v) is 12.9. The van der Waals surface area contributed by atoms with E-state index in [9.17, 15) is 9.59 Å². The fourth-order valence-electron chi connectivity index (χ4n) is 2.66. The number of imide groups is 1. The molecule has 0 aliphatic carbocycles. The molecule has 22 heavy (non-hydrogen) atoms. The highest BCUT2D eigenvalue weighted by molar-refractivity contribution is 6.30. The van der Waals surface area contributed by atoms with Crippen LogP contribution in [-0.4, -0.2) is 36.0 Å². The third-order valence-electron chi connectivity index (χ3n) is 3.88. The first-order chi connectivity index (χ1) is 10.6. The third kappa shape index (κ3) is 2.74. The molecule has 2 aliphatic heterocycles. The summed E-state index contributed by atoms with van der Waals surface area (Å²) in [7, 11) is 0. The van der Waals surface area contributed by atoms with E-state index in [4.69, 9.17) is 21.1 Å². The maximum Gasteiger partial charge on any atom is 0.297 e. The van der Waals surface area contributed by atoms with E-state index in [-0.39, 0.29) is 23.6 Å². The van der Waals surface area contributed by atoms with E-state index in [2.05, 4.69) is 0 Å². The number of amides is 2. The standard InChI is InChI=1S/C16H16ClNO4/c1-10-14(22-13-4-2-11(17)3-5-13)16(20)18(15(10)19)12-6-8-21-9-7-12/h2-5,12H,6-9H2,1H3. The van der Waals surface area contributed by atoms with Crippen LogP contribution in [0.2, 0.25) is 5.02 Å². The lowest BCUT2D eigenvalue weighted by molar-refractivity contribution is -0.143. The summed E-state index contributed by atoms with van der Waals surface area (Å²) in [6.45, 7) is 2.74. The minimum atomic E-state index is -0.371. The van der Waals surface area contributed by atoms with Gasteiger partial charge in [0.25, 0.3) is 11.8 Å². The molecule has 1 aromatic carbocycles. The Morgan fingerprint density at radius 1 is 1.14 bits per heavy atom. The van der Waals surface area contributed by atoms with Gasteiger partial charge in [0.2, 0.25) is 5.76 Å². The summed E-state index contributed by atoms with van der Waals surface area (Å²) in [5, 5.41) is 0.579. The van der Waals surface area contributed by atoms with Gasteiger partial charge in [0.05, 0.1) is 5.57 Å². The maximum atomic E-state index is 12.6. The van der Waals surface area contributed by atoms with Crippen molar-refractivity contribution in [2.24, 2.45) is 0 Å². The van der Waals surface area contributed by atoms with E-state index in [1.54, 1.807) is 31.2 Å². The monoisotopic (exact) mass is 321 g/mol. The Balaban J connectivity index is 1.80. The van der Waals surface area contributed by atoms with Crippen LogP contribution >= 0.6 is 11.6 Å². The predicted molar refractivity (Wildman–Crippen MR) is 80.5 cm³/mol.